The molecule has 0 aliphatic heterocycles. The van der Waals surface area contributed by atoms with E-state index in [0.29, 0.717) is 23.7 Å². The Kier molecular flexibility index (Phi) is 2.97. The summed E-state index contributed by atoms with van der Waals surface area (Å²) in [5, 5.41) is 3.01. The molecule has 2 rings (SSSR count). The van der Waals surface area contributed by atoms with Crippen molar-refractivity contribution in [3.05, 3.63) is 20.8 Å². The second-order valence-electron chi connectivity index (χ2n) is 5.33. The number of hydrogen-bond acceptors (Lipinski definition) is 5. The van der Waals surface area contributed by atoms with Gasteiger partial charge in [0.1, 0.15) is 0 Å². The Labute approximate surface area is 109 Å². The second-order valence-corrected chi connectivity index (χ2v) is 5.33. The van der Waals surface area contributed by atoms with Crippen molar-refractivity contribution in [2.45, 2.75) is 19.4 Å². The standard InChI is InChI=1S/C11H18N6O2/c1-11(2,12)5-13-9-14-6-7(15-9)16(3)10(19)17(4)8(6)18/h5,12H2,1-4H3,(H2,13,14,15). The van der Waals surface area contributed by atoms with Gasteiger partial charge in [-0.25, -0.2) is 4.79 Å². The molecule has 104 valence electrons. The van der Waals surface area contributed by atoms with Gasteiger partial charge in [-0.1, -0.05) is 0 Å². The zero-order valence-electron chi connectivity index (χ0n) is 11.4. The summed E-state index contributed by atoms with van der Waals surface area (Å²) in [7, 11) is 3.00. The van der Waals surface area contributed by atoms with E-state index >= 15 is 0 Å². The van der Waals surface area contributed by atoms with Gasteiger partial charge in [-0.3, -0.25) is 13.9 Å². The lowest BCUT2D eigenvalue weighted by Gasteiger charge is -2.18. The predicted octanol–water partition coefficient (Wildman–Crippen LogP) is -0.890. The summed E-state index contributed by atoms with van der Waals surface area (Å²) in [5.74, 6) is 0.423. The Balaban J connectivity index is 2.53. The first kappa shape index (κ1) is 13.3. The van der Waals surface area contributed by atoms with E-state index < -0.39 is 16.8 Å². The Morgan fingerprint density at radius 3 is 2.53 bits per heavy atom. The topological polar surface area (TPSA) is 111 Å². The number of aryl methyl sites for hydroxylation is 1. The van der Waals surface area contributed by atoms with Crippen LogP contribution in [-0.4, -0.2) is 31.2 Å². The van der Waals surface area contributed by atoms with Crippen LogP contribution in [0.15, 0.2) is 9.59 Å². The van der Waals surface area contributed by atoms with E-state index in [4.69, 9.17) is 5.73 Å². The number of imidazole rings is 1. The third kappa shape index (κ3) is 2.39. The third-order valence-electron chi connectivity index (χ3n) is 2.81. The van der Waals surface area contributed by atoms with Gasteiger partial charge in [0.05, 0.1) is 0 Å². The Morgan fingerprint density at radius 1 is 1.32 bits per heavy atom. The lowest BCUT2D eigenvalue weighted by atomic mass is 10.1. The van der Waals surface area contributed by atoms with Crippen LogP contribution in [0.1, 0.15) is 13.8 Å². The summed E-state index contributed by atoms with van der Waals surface area (Å²) in [6, 6.07) is 0. The van der Waals surface area contributed by atoms with Crippen LogP contribution in [-0.2, 0) is 14.1 Å². The van der Waals surface area contributed by atoms with Gasteiger partial charge in [0, 0.05) is 26.2 Å². The summed E-state index contributed by atoms with van der Waals surface area (Å²) in [6.45, 7) is 4.23. The monoisotopic (exact) mass is 266 g/mol. The first-order valence-corrected chi connectivity index (χ1v) is 5.89. The molecule has 8 heteroatoms. The van der Waals surface area contributed by atoms with E-state index in [-0.39, 0.29) is 0 Å². The van der Waals surface area contributed by atoms with E-state index in [1.54, 1.807) is 7.05 Å². The predicted molar refractivity (Wildman–Crippen MR) is 73.3 cm³/mol. The summed E-state index contributed by atoms with van der Waals surface area (Å²) >= 11 is 0. The van der Waals surface area contributed by atoms with Crippen molar-refractivity contribution in [1.82, 2.24) is 19.1 Å². The molecule has 0 spiro atoms. The largest absolute Gasteiger partial charge is 0.354 e. The smallest absolute Gasteiger partial charge is 0.332 e. The van der Waals surface area contributed by atoms with Crippen molar-refractivity contribution in [3.8, 4) is 0 Å². The number of aromatic amines is 1. The Morgan fingerprint density at radius 2 is 1.95 bits per heavy atom. The molecule has 0 saturated carbocycles. The Bertz CT molecular complexity index is 730. The highest BCUT2D eigenvalue weighted by Gasteiger charge is 2.15. The minimum absolute atomic E-state index is 0.293. The summed E-state index contributed by atoms with van der Waals surface area (Å²) in [4.78, 5) is 30.8. The lowest BCUT2D eigenvalue weighted by molar-refractivity contribution is 0.548. The fourth-order valence-corrected chi connectivity index (χ4v) is 1.72. The van der Waals surface area contributed by atoms with Crippen LogP contribution in [0.3, 0.4) is 0 Å². The summed E-state index contributed by atoms with van der Waals surface area (Å²) < 4.78 is 2.36. The number of hydrogen-bond donors (Lipinski definition) is 3. The average molecular weight is 266 g/mol. The SMILES string of the molecule is Cn1c(=O)c2[nH]c(NCC(C)(C)N)nc2n(C)c1=O. The van der Waals surface area contributed by atoms with Crippen molar-refractivity contribution in [1.29, 1.82) is 0 Å². The number of aromatic nitrogens is 4. The minimum atomic E-state index is -0.408. The molecular weight excluding hydrogens is 248 g/mol. The van der Waals surface area contributed by atoms with Crippen LogP contribution < -0.4 is 22.3 Å². The second kappa shape index (κ2) is 4.23. The van der Waals surface area contributed by atoms with Crippen molar-refractivity contribution >= 4 is 17.1 Å². The molecule has 2 heterocycles. The molecule has 0 aromatic carbocycles. The summed E-state index contributed by atoms with van der Waals surface area (Å²) in [5.41, 5.74) is 5.27. The normalized spacial score (nSPS) is 12.1. The van der Waals surface area contributed by atoms with Crippen LogP contribution in [0.5, 0.6) is 0 Å². The molecule has 0 unspecified atom stereocenters. The maximum absolute atomic E-state index is 11.9. The fourth-order valence-electron chi connectivity index (χ4n) is 1.72. The number of H-pyrrole nitrogens is 1. The van der Waals surface area contributed by atoms with Crippen molar-refractivity contribution in [3.63, 3.8) is 0 Å². The first-order valence-electron chi connectivity index (χ1n) is 5.89. The zero-order valence-corrected chi connectivity index (χ0v) is 11.4. The van der Waals surface area contributed by atoms with E-state index in [1.807, 2.05) is 13.8 Å². The molecule has 0 radical (unpaired) electrons. The van der Waals surface area contributed by atoms with E-state index in [2.05, 4.69) is 15.3 Å². The summed E-state index contributed by atoms with van der Waals surface area (Å²) in [6.07, 6.45) is 0. The van der Waals surface area contributed by atoms with Gasteiger partial charge in [0.2, 0.25) is 5.95 Å². The molecule has 2 aromatic heterocycles. The number of anilines is 1. The molecule has 0 atom stereocenters. The molecule has 2 aromatic rings. The van der Waals surface area contributed by atoms with Gasteiger partial charge in [-0.15, -0.1) is 0 Å². The first-order chi connectivity index (χ1) is 8.70. The molecule has 4 N–H and O–H groups in total. The van der Waals surface area contributed by atoms with Gasteiger partial charge in [-0.2, -0.15) is 4.98 Å². The molecule has 0 fully saturated rings. The number of fused-ring (bicyclic) bond motifs is 1. The Hall–Kier alpha value is -2.09. The fraction of sp³-hybridized carbons (Fsp3) is 0.545. The molecule has 0 saturated heterocycles. The maximum atomic E-state index is 11.9. The number of rotatable bonds is 3. The van der Waals surface area contributed by atoms with Crippen LogP contribution in [0.25, 0.3) is 11.2 Å². The van der Waals surface area contributed by atoms with Crippen LogP contribution >= 0.6 is 0 Å². The highest BCUT2D eigenvalue weighted by atomic mass is 16.2. The highest BCUT2D eigenvalue weighted by Crippen LogP contribution is 2.09. The van der Waals surface area contributed by atoms with E-state index in [1.165, 1.54) is 11.6 Å². The maximum Gasteiger partial charge on any atom is 0.332 e. The van der Waals surface area contributed by atoms with Gasteiger partial charge in [0.15, 0.2) is 11.2 Å². The van der Waals surface area contributed by atoms with Crippen LogP contribution in [0, 0.1) is 0 Å². The molecule has 8 nitrogen and oxygen atoms in total. The van der Waals surface area contributed by atoms with E-state index in [9.17, 15) is 9.59 Å². The number of nitrogens with two attached hydrogens (primary N) is 1. The zero-order chi connectivity index (χ0) is 14.4. The van der Waals surface area contributed by atoms with Gasteiger partial charge >= 0.3 is 5.69 Å². The molecule has 19 heavy (non-hydrogen) atoms. The van der Waals surface area contributed by atoms with Gasteiger partial charge in [0.25, 0.3) is 5.56 Å². The number of nitrogens with one attached hydrogen (secondary N) is 2. The van der Waals surface area contributed by atoms with Crippen LogP contribution in [0.2, 0.25) is 0 Å². The van der Waals surface area contributed by atoms with E-state index in [0.717, 1.165) is 4.57 Å². The average Bonchev–Trinajstić information content (AvgIpc) is 2.75. The quantitative estimate of drug-likeness (QED) is 0.667. The molecule has 0 aliphatic rings. The molecule has 0 aliphatic carbocycles. The third-order valence-corrected chi connectivity index (χ3v) is 2.81. The van der Waals surface area contributed by atoms with Crippen molar-refractivity contribution < 1.29 is 0 Å². The van der Waals surface area contributed by atoms with Crippen molar-refractivity contribution in [2.24, 2.45) is 19.8 Å². The minimum Gasteiger partial charge on any atom is -0.354 e. The van der Waals surface area contributed by atoms with Gasteiger partial charge in [-0.05, 0) is 13.8 Å². The van der Waals surface area contributed by atoms with Crippen molar-refractivity contribution in [2.75, 3.05) is 11.9 Å². The molecular formula is C11H18N6O2. The number of nitrogens with zero attached hydrogens (tertiary/aromatic N) is 3. The van der Waals surface area contributed by atoms with Gasteiger partial charge < -0.3 is 16.0 Å². The molecule has 0 bridgehead atoms. The molecule has 0 amide bonds. The highest BCUT2D eigenvalue weighted by molar-refractivity contribution is 5.72. The lowest BCUT2D eigenvalue weighted by Crippen LogP contribution is -2.39. The van der Waals surface area contributed by atoms with Crippen LogP contribution in [0.4, 0.5) is 5.95 Å².